The molecule has 0 amide bonds. The first-order valence-electron chi connectivity index (χ1n) is 5.06. The molecule has 0 heterocycles. The van der Waals surface area contributed by atoms with Crippen LogP contribution in [0.15, 0.2) is 0 Å². The molecule has 4 heteroatoms. The van der Waals surface area contributed by atoms with E-state index in [4.69, 9.17) is 9.84 Å². The van der Waals surface area contributed by atoms with Crippen molar-refractivity contribution in [2.75, 3.05) is 6.61 Å². The van der Waals surface area contributed by atoms with Crippen LogP contribution in [0.3, 0.4) is 0 Å². The summed E-state index contributed by atoms with van der Waals surface area (Å²) in [7, 11) is 0. The molecule has 1 fully saturated rings. The first-order chi connectivity index (χ1) is 6.66. The van der Waals surface area contributed by atoms with E-state index in [2.05, 4.69) is 0 Å². The summed E-state index contributed by atoms with van der Waals surface area (Å²) in [5.41, 5.74) is 0. The zero-order valence-electron chi connectivity index (χ0n) is 8.36. The van der Waals surface area contributed by atoms with Crippen LogP contribution < -0.4 is 0 Å². The Morgan fingerprint density at radius 1 is 1.36 bits per heavy atom. The molecule has 1 aliphatic carbocycles. The van der Waals surface area contributed by atoms with Crippen LogP contribution in [0, 0.1) is 11.8 Å². The molecule has 2 atom stereocenters. The quantitative estimate of drug-likeness (QED) is 0.538. The molecule has 1 N–H and O–H groups in total. The second kappa shape index (κ2) is 4.98. The molecule has 0 spiro atoms. The molecule has 0 bridgehead atoms. The van der Waals surface area contributed by atoms with Crippen molar-refractivity contribution in [1.82, 2.24) is 0 Å². The number of carboxylic acid groups (broad SMARTS) is 1. The third kappa shape index (κ3) is 2.47. The van der Waals surface area contributed by atoms with Crippen LogP contribution in [-0.4, -0.2) is 23.7 Å². The number of hydrogen-bond acceptors (Lipinski definition) is 3. The summed E-state index contributed by atoms with van der Waals surface area (Å²) in [5, 5.41) is 8.72. The Bertz CT molecular complexity index is 224. The molecule has 1 rings (SSSR count). The number of carboxylic acids is 1. The van der Waals surface area contributed by atoms with Gasteiger partial charge in [-0.3, -0.25) is 9.59 Å². The van der Waals surface area contributed by atoms with Gasteiger partial charge in [-0.25, -0.2) is 0 Å². The zero-order chi connectivity index (χ0) is 10.6. The average molecular weight is 200 g/mol. The zero-order valence-corrected chi connectivity index (χ0v) is 8.36. The van der Waals surface area contributed by atoms with E-state index in [0.29, 0.717) is 19.4 Å². The predicted octanol–water partition coefficient (Wildman–Crippen LogP) is 1.44. The van der Waals surface area contributed by atoms with Crippen LogP contribution in [-0.2, 0) is 14.3 Å². The average Bonchev–Trinajstić information content (AvgIpc) is 2.01. The Labute approximate surface area is 83.2 Å². The fourth-order valence-electron chi connectivity index (χ4n) is 1.50. The monoisotopic (exact) mass is 200 g/mol. The first-order valence-corrected chi connectivity index (χ1v) is 5.06. The number of esters is 1. The third-order valence-electron chi connectivity index (χ3n) is 2.64. The fraction of sp³-hybridized carbons (Fsp3) is 0.800. The van der Waals surface area contributed by atoms with Crippen molar-refractivity contribution in [2.45, 2.75) is 32.6 Å². The standard InChI is InChI=1S/C10H16O4/c1-2-3-6-14-10(13)8-5-4-7(8)9(11)12/h7-8H,2-6H2,1H3,(H,11,12). The van der Waals surface area contributed by atoms with Gasteiger partial charge in [-0.2, -0.15) is 0 Å². The minimum absolute atomic E-state index is 0.336. The van der Waals surface area contributed by atoms with Crippen LogP contribution in [0.1, 0.15) is 32.6 Å². The second-order valence-corrected chi connectivity index (χ2v) is 3.65. The van der Waals surface area contributed by atoms with Crippen molar-refractivity contribution in [2.24, 2.45) is 11.8 Å². The molecule has 80 valence electrons. The van der Waals surface area contributed by atoms with Gasteiger partial charge in [0.1, 0.15) is 0 Å². The van der Waals surface area contributed by atoms with Crippen LogP contribution in [0.25, 0.3) is 0 Å². The number of carbonyl (C=O) groups excluding carboxylic acids is 1. The first kappa shape index (κ1) is 11.0. The van der Waals surface area contributed by atoms with Crippen molar-refractivity contribution >= 4 is 11.9 Å². The molecule has 1 saturated carbocycles. The lowest BCUT2D eigenvalue weighted by molar-refractivity contribution is -0.164. The molecule has 0 aromatic rings. The van der Waals surface area contributed by atoms with Gasteiger partial charge in [-0.05, 0) is 19.3 Å². The lowest BCUT2D eigenvalue weighted by Gasteiger charge is -2.30. The molecular formula is C10H16O4. The SMILES string of the molecule is CCCCOC(=O)C1CCC1C(=O)O. The summed E-state index contributed by atoms with van der Waals surface area (Å²) >= 11 is 0. The maximum Gasteiger partial charge on any atom is 0.309 e. The van der Waals surface area contributed by atoms with Crippen molar-refractivity contribution in [3.05, 3.63) is 0 Å². The van der Waals surface area contributed by atoms with Crippen LogP contribution in [0.4, 0.5) is 0 Å². The predicted molar refractivity (Wildman–Crippen MR) is 49.7 cm³/mol. The topological polar surface area (TPSA) is 63.6 Å². The minimum Gasteiger partial charge on any atom is -0.481 e. The second-order valence-electron chi connectivity index (χ2n) is 3.65. The third-order valence-corrected chi connectivity index (χ3v) is 2.64. The van der Waals surface area contributed by atoms with Gasteiger partial charge in [0.05, 0.1) is 18.4 Å². The van der Waals surface area contributed by atoms with Gasteiger partial charge in [0.25, 0.3) is 0 Å². The molecule has 2 unspecified atom stereocenters. The van der Waals surface area contributed by atoms with E-state index in [9.17, 15) is 9.59 Å². The van der Waals surface area contributed by atoms with Gasteiger partial charge in [0, 0.05) is 0 Å². The van der Waals surface area contributed by atoms with Gasteiger partial charge in [-0.1, -0.05) is 13.3 Å². The fourth-order valence-corrected chi connectivity index (χ4v) is 1.50. The highest BCUT2D eigenvalue weighted by atomic mass is 16.5. The lowest BCUT2D eigenvalue weighted by atomic mass is 9.74. The van der Waals surface area contributed by atoms with Crippen molar-refractivity contribution < 1.29 is 19.4 Å². The van der Waals surface area contributed by atoms with Crippen molar-refractivity contribution in [3.63, 3.8) is 0 Å². The highest BCUT2D eigenvalue weighted by molar-refractivity contribution is 5.82. The largest absolute Gasteiger partial charge is 0.481 e. The van der Waals surface area contributed by atoms with Gasteiger partial charge in [-0.15, -0.1) is 0 Å². The highest BCUT2D eigenvalue weighted by Gasteiger charge is 2.42. The number of aliphatic carboxylic acids is 1. The maximum atomic E-state index is 11.3. The Morgan fingerprint density at radius 2 is 2.00 bits per heavy atom. The van der Waals surface area contributed by atoms with Crippen molar-refractivity contribution in [3.8, 4) is 0 Å². The molecule has 0 saturated heterocycles. The van der Waals surface area contributed by atoms with Gasteiger partial charge in [0.15, 0.2) is 0 Å². The summed E-state index contributed by atoms with van der Waals surface area (Å²) in [5.74, 6) is -2.13. The van der Waals surface area contributed by atoms with E-state index in [0.717, 1.165) is 12.8 Å². The Kier molecular flexibility index (Phi) is 3.92. The van der Waals surface area contributed by atoms with E-state index >= 15 is 0 Å². The molecule has 0 aromatic heterocycles. The Hall–Kier alpha value is -1.06. The van der Waals surface area contributed by atoms with Gasteiger partial charge >= 0.3 is 11.9 Å². The smallest absolute Gasteiger partial charge is 0.309 e. The molecule has 1 aliphatic rings. The van der Waals surface area contributed by atoms with E-state index in [1.54, 1.807) is 0 Å². The van der Waals surface area contributed by atoms with Crippen LogP contribution in [0.5, 0.6) is 0 Å². The summed E-state index contributed by atoms with van der Waals surface area (Å²) in [6.07, 6.45) is 3.07. The van der Waals surface area contributed by atoms with E-state index in [1.807, 2.05) is 6.92 Å². The maximum absolute atomic E-state index is 11.3. The molecule has 0 aliphatic heterocycles. The molecule has 0 radical (unpaired) electrons. The number of hydrogen-bond donors (Lipinski definition) is 1. The van der Waals surface area contributed by atoms with Crippen molar-refractivity contribution in [1.29, 1.82) is 0 Å². The number of ether oxygens (including phenoxy) is 1. The Balaban J connectivity index is 2.27. The summed E-state index contributed by atoms with van der Waals surface area (Å²) < 4.78 is 4.96. The van der Waals surface area contributed by atoms with E-state index in [-0.39, 0.29) is 5.97 Å². The van der Waals surface area contributed by atoms with Gasteiger partial charge < -0.3 is 9.84 Å². The number of unbranched alkanes of at least 4 members (excludes halogenated alkanes) is 1. The summed E-state index contributed by atoms with van der Waals surface area (Å²) in [4.78, 5) is 21.9. The van der Waals surface area contributed by atoms with Crippen LogP contribution >= 0.6 is 0 Å². The summed E-state index contributed by atoms with van der Waals surface area (Å²) in [6.45, 7) is 2.43. The molecule has 0 aromatic carbocycles. The normalized spacial score (nSPS) is 25.2. The minimum atomic E-state index is -0.881. The molecule has 14 heavy (non-hydrogen) atoms. The van der Waals surface area contributed by atoms with Gasteiger partial charge in [0.2, 0.25) is 0 Å². The van der Waals surface area contributed by atoms with E-state index < -0.39 is 17.8 Å². The summed E-state index contributed by atoms with van der Waals surface area (Å²) in [6, 6.07) is 0. The Morgan fingerprint density at radius 3 is 2.43 bits per heavy atom. The molecule has 4 nitrogen and oxygen atoms in total. The number of rotatable bonds is 5. The van der Waals surface area contributed by atoms with E-state index in [1.165, 1.54) is 0 Å². The highest BCUT2D eigenvalue weighted by Crippen LogP contribution is 2.35. The van der Waals surface area contributed by atoms with Crippen LogP contribution in [0.2, 0.25) is 0 Å². The lowest BCUT2D eigenvalue weighted by Crippen LogP contribution is -2.39. The number of carbonyl (C=O) groups is 2. The molecular weight excluding hydrogens is 184 g/mol.